The molecule has 0 amide bonds. The number of epoxide rings is 1. The first-order valence-corrected chi connectivity index (χ1v) is 7.68. The molecule has 0 spiro atoms. The van der Waals surface area contributed by atoms with Crippen molar-refractivity contribution in [1.29, 1.82) is 0 Å². The van der Waals surface area contributed by atoms with Crippen molar-refractivity contribution in [2.45, 2.75) is 57.5 Å². The maximum absolute atomic E-state index is 5.56. The zero-order chi connectivity index (χ0) is 12.6. The van der Waals surface area contributed by atoms with Crippen LogP contribution in [0.4, 0.5) is 0 Å². The van der Waals surface area contributed by atoms with E-state index in [2.05, 4.69) is 6.58 Å². The Labute approximate surface area is 112 Å². The molecular formula is C16H28O2. The zero-order valence-corrected chi connectivity index (χ0v) is 11.6. The molecule has 2 rings (SSSR count). The summed E-state index contributed by atoms with van der Waals surface area (Å²) in [4.78, 5) is 0. The van der Waals surface area contributed by atoms with Gasteiger partial charge in [-0.1, -0.05) is 38.2 Å². The van der Waals surface area contributed by atoms with Gasteiger partial charge in [0, 0.05) is 6.61 Å². The van der Waals surface area contributed by atoms with Crippen LogP contribution in [0.1, 0.15) is 51.4 Å². The van der Waals surface area contributed by atoms with Crippen molar-refractivity contribution in [2.24, 2.45) is 11.8 Å². The Bertz CT molecular complexity index is 227. The molecule has 2 heteroatoms. The summed E-state index contributed by atoms with van der Waals surface area (Å²) >= 11 is 0. The summed E-state index contributed by atoms with van der Waals surface area (Å²) in [6.07, 6.45) is 13.6. The predicted molar refractivity (Wildman–Crippen MR) is 74.7 cm³/mol. The van der Waals surface area contributed by atoms with Gasteiger partial charge < -0.3 is 9.47 Å². The molecule has 0 N–H and O–H groups in total. The third-order valence-electron chi connectivity index (χ3n) is 4.35. The van der Waals surface area contributed by atoms with E-state index in [1.807, 2.05) is 6.08 Å². The first kappa shape index (κ1) is 14.1. The smallest absolute Gasteiger partial charge is 0.0810 e. The van der Waals surface area contributed by atoms with Gasteiger partial charge in [-0.25, -0.2) is 0 Å². The van der Waals surface area contributed by atoms with Crippen LogP contribution in [-0.4, -0.2) is 25.9 Å². The molecule has 0 aromatic heterocycles. The molecule has 1 aliphatic carbocycles. The maximum atomic E-state index is 5.56. The number of unbranched alkanes of at least 4 members (excludes halogenated alkanes) is 1. The van der Waals surface area contributed by atoms with E-state index in [-0.39, 0.29) is 0 Å². The summed E-state index contributed by atoms with van der Waals surface area (Å²) < 4.78 is 10.8. The molecular weight excluding hydrogens is 224 g/mol. The lowest BCUT2D eigenvalue weighted by molar-refractivity contribution is 0.0948. The molecule has 2 aliphatic rings. The second-order valence-electron chi connectivity index (χ2n) is 5.95. The first-order valence-electron chi connectivity index (χ1n) is 7.68. The van der Waals surface area contributed by atoms with Crippen molar-refractivity contribution >= 4 is 0 Å². The van der Waals surface area contributed by atoms with Crippen LogP contribution >= 0.6 is 0 Å². The fourth-order valence-electron chi connectivity index (χ4n) is 3.04. The third kappa shape index (κ3) is 5.53. The molecule has 18 heavy (non-hydrogen) atoms. The average Bonchev–Trinajstić information content (AvgIpc) is 3.21. The topological polar surface area (TPSA) is 21.8 Å². The molecule has 2 fully saturated rings. The quantitative estimate of drug-likeness (QED) is 0.352. The highest BCUT2D eigenvalue weighted by atomic mass is 16.6. The molecule has 1 saturated heterocycles. The van der Waals surface area contributed by atoms with Gasteiger partial charge in [-0.2, -0.15) is 0 Å². The zero-order valence-electron chi connectivity index (χ0n) is 11.6. The minimum Gasteiger partial charge on any atom is -0.377 e. The van der Waals surface area contributed by atoms with Crippen LogP contribution in [0.3, 0.4) is 0 Å². The molecule has 0 bridgehead atoms. The molecule has 0 aromatic rings. The lowest BCUT2D eigenvalue weighted by atomic mass is 9.80. The van der Waals surface area contributed by atoms with Gasteiger partial charge in [0.15, 0.2) is 0 Å². The lowest BCUT2D eigenvalue weighted by Gasteiger charge is -2.28. The van der Waals surface area contributed by atoms with Gasteiger partial charge in [-0.3, -0.25) is 0 Å². The van der Waals surface area contributed by atoms with Crippen molar-refractivity contribution in [1.82, 2.24) is 0 Å². The van der Waals surface area contributed by atoms with Crippen LogP contribution in [0.2, 0.25) is 0 Å². The van der Waals surface area contributed by atoms with Gasteiger partial charge in [-0.05, 0) is 31.1 Å². The Kier molecular flexibility index (Phi) is 6.22. The summed E-state index contributed by atoms with van der Waals surface area (Å²) in [6.45, 7) is 6.36. The van der Waals surface area contributed by atoms with E-state index in [1.54, 1.807) is 0 Å². The van der Waals surface area contributed by atoms with Gasteiger partial charge in [0.1, 0.15) is 0 Å². The molecule has 0 aromatic carbocycles. The van der Waals surface area contributed by atoms with Gasteiger partial charge in [-0.15, -0.1) is 6.58 Å². The number of hydrogen-bond donors (Lipinski definition) is 0. The van der Waals surface area contributed by atoms with Crippen LogP contribution in [0, 0.1) is 11.8 Å². The van der Waals surface area contributed by atoms with Crippen molar-refractivity contribution in [2.75, 3.05) is 19.8 Å². The third-order valence-corrected chi connectivity index (χ3v) is 4.35. The van der Waals surface area contributed by atoms with E-state index in [9.17, 15) is 0 Å². The van der Waals surface area contributed by atoms with E-state index in [0.717, 1.165) is 25.0 Å². The first-order chi connectivity index (χ1) is 8.88. The van der Waals surface area contributed by atoms with Crippen molar-refractivity contribution in [3.8, 4) is 0 Å². The highest BCUT2D eigenvalue weighted by molar-refractivity contribution is 4.74. The minimum absolute atomic E-state index is 0.628. The molecule has 1 unspecified atom stereocenters. The monoisotopic (exact) mass is 252 g/mol. The molecule has 1 aliphatic heterocycles. The SMILES string of the molecule is C=CCOCC1CCC(CCCCC2CO2)CC1. The molecule has 1 heterocycles. The van der Waals surface area contributed by atoms with Crippen LogP contribution < -0.4 is 0 Å². The fraction of sp³-hybridized carbons (Fsp3) is 0.875. The van der Waals surface area contributed by atoms with Crippen LogP contribution in [-0.2, 0) is 9.47 Å². The van der Waals surface area contributed by atoms with Gasteiger partial charge >= 0.3 is 0 Å². The Balaban J connectivity index is 1.45. The van der Waals surface area contributed by atoms with Crippen molar-refractivity contribution in [3.63, 3.8) is 0 Å². The van der Waals surface area contributed by atoms with Gasteiger partial charge in [0.2, 0.25) is 0 Å². The Hall–Kier alpha value is -0.340. The Morgan fingerprint density at radius 3 is 2.39 bits per heavy atom. The fourth-order valence-corrected chi connectivity index (χ4v) is 3.04. The van der Waals surface area contributed by atoms with Gasteiger partial charge in [0.05, 0.1) is 19.3 Å². The molecule has 0 radical (unpaired) electrons. The number of ether oxygens (including phenoxy) is 2. The van der Waals surface area contributed by atoms with Crippen molar-refractivity contribution < 1.29 is 9.47 Å². The van der Waals surface area contributed by atoms with Crippen LogP contribution in [0.25, 0.3) is 0 Å². The second-order valence-corrected chi connectivity index (χ2v) is 5.95. The van der Waals surface area contributed by atoms with Crippen LogP contribution in [0.15, 0.2) is 12.7 Å². The van der Waals surface area contributed by atoms with E-state index >= 15 is 0 Å². The normalized spacial score (nSPS) is 31.2. The molecule has 2 nitrogen and oxygen atoms in total. The Morgan fingerprint density at radius 2 is 1.72 bits per heavy atom. The summed E-state index contributed by atoms with van der Waals surface area (Å²) in [5, 5.41) is 0. The predicted octanol–water partition coefficient (Wildman–Crippen LogP) is 3.95. The van der Waals surface area contributed by atoms with E-state index < -0.39 is 0 Å². The lowest BCUT2D eigenvalue weighted by Crippen LogP contribution is -2.18. The number of hydrogen-bond acceptors (Lipinski definition) is 2. The van der Waals surface area contributed by atoms with Crippen LogP contribution in [0.5, 0.6) is 0 Å². The highest BCUT2D eigenvalue weighted by Crippen LogP contribution is 2.32. The second kappa shape index (κ2) is 7.96. The van der Waals surface area contributed by atoms with E-state index in [4.69, 9.17) is 9.47 Å². The minimum atomic E-state index is 0.628. The van der Waals surface area contributed by atoms with E-state index in [0.29, 0.717) is 12.7 Å². The molecule has 1 saturated carbocycles. The highest BCUT2D eigenvalue weighted by Gasteiger charge is 2.23. The average molecular weight is 252 g/mol. The number of rotatable bonds is 9. The Morgan fingerprint density at radius 1 is 1.06 bits per heavy atom. The summed E-state index contributed by atoms with van der Waals surface area (Å²) in [6, 6.07) is 0. The van der Waals surface area contributed by atoms with E-state index in [1.165, 1.54) is 51.4 Å². The molecule has 104 valence electrons. The molecule has 1 atom stereocenters. The summed E-state index contributed by atoms with van der Waals surface area (Å²) in [5.41, 5.74) is 0. The summed E-state index contributed by atoms with van der Waals surface area (Å²) in [7, 11) is 0. The van der Waals surface area contributed by atoms with Crippen molar-refractivity contribution in [3.05, 3.63) is 12.7 Å². The maximum Gasteiger partial charge on any atom is 0.0810 e. The summed E-state index contributed by atoms with van der Waals surface area (Å²) in [5.74, 6) is 1.79. The van der Waals surface area contributed by atoms with Gasteiger partial charge in [0.25, 0.3) is 0 Å². The largest absolute Gasteiger partial charge is 0.377 e. The standard InChI is InChI=1S/C16H28O2/c1-2-11-17-12-15-9-7-14(8-10-15)5-3-4-6-16-13-18-16/h2,14-16H,1,3-13H2.